The molecular weight excluding hydrogens is 298 g/mol. The van der Waals surface area contributed by atoms with E-state index >= 15 is 0 Å². The number of aryl methyl sites for hydroxylation is 1. The second-order valence-electron chi connectivity index (χ2n) is 5.88. The minimum absolute atomic E-state index is 0.237. The molecule has 1 heterocycles. The maximum atomic E-state index is 11.3. The van der Waals surface area contributed by atoms with Gasteiger partial charge in [-0.3, -0.25) is 9.59 Å². The van der Waals surface area contributed by atoms with Crippen molar-refractivity contribution >= 4 is 11.9 Å². The van der Waals surface area contributed by atoms with Gasteiger partial charge in [-0.1, -0.05) is 6.07 Å². The van der Waals surface area contributed by atoms with Crippen molar-refractivity contribution in [2.24, 2.45) is 0 Å². The normalized spacial score (nSPS) is 19.0. The molecule has 1 N–H and O–H groups in total. The van der Waals surface area contributed by atoms with Gasteiger partial charge in [-0.2, -0.15) is 0 Å². The lowest BCUT2D eigenvalue weighted by atomic mass is 9.78. The van der Waals surface area contributed by atoms with Crippen molar-refractivity contribution in [1.82, 2.24) is 5.32 Å². The maximum absolute atomic E-state index is 11.3. The molecule has 1 atom stereocenters. The molecule has 23 heavy (non-hydrogen) atoms. The third-order valence-corrected chi connectivity index (χ3v) is 4.01. The van der Waals surface area contributed by atoms with Crippen molar-refractivity contribution < 1.29 is 23.8 Å². The van der Waals surface area contributed by atoms with Gasteiger partial charge in [-0.25, -0.2) is 0 Å². The van der Waals surface area contributed by atoms with Crippen LogP contribution >= 0.6 is 0 Å². The molecule has 1 aromatic rings. The first-order chi connectivity index (χ1) is 10.9. The number of carbonyl (C=O) groups excluding carboxylic acids is 2. The molecule has 0 aromatic heterocycles. The van der Waals surface area contributed by atoms with E-state index in [1.54, 1.807) is 6.07 Å². The molecule has 0 bridgehead atoms. The molecule has 0 saturated carbocycles. The summed E-state index contributed by atoms with van der Waals surface area (Å²) in [7, 11) is 1.87. The van der Waals surface area contributed by atoms with Gasteiger partial charge in [0.1, 0.15) is 13.2 Å². The Labute approximate surface area is 136 Å². The van der Waals surface area contributed by atoms with E-state index in [2.05, 4.69) is 5.32 Å². The molecule has 1 aromatic carbocycles. The molecule has 0 unspecified atom stereocenters. The molecule has 1 aliphatic heterocycles. The Morgan fingerprint density at radius 2 is 2.04 bits per heavy atom. The van der Waals surface area contributed by atoms with Gasteiger partial charge in [0.25, 0.3) is 0 Å². The first-order valence-corrected chi connectivity index (χ1v) is 7.63. The predicted octanol–water partition coefficient (Wildman–Crippen LogP) is 1.72. The summed E-state index contributed by atoms with van der Waals surface area (Å²) in [6, 6.07) is 3.63. The molecule has 0 amide bonds. The fraction of sp³-hybridized carbons (Fsp3) is 0.529. The van der Waals surface area contributed by atoms with Crippen LogP contribution in [-0.4, -0.2) is 38.7 Å². The number of fused-ring (bicyclic) bond motifs is 1. The molecule has 6 heteroatoms. The number of carbonyl (C=O) groups is 2. The summed E-state index contributed by atoms with van der Waals surface area (Å²) in [5.74, 6) is 0.263. The van der Waals surface area contributed by atoms with E-state index in [0.717, 1.165) is 24.1 Å². The molecule has 0 saturated heterocycles. The summed E-state index contributed by atoms with van der Waals surface area (Å²) in [5, 5.41) is 3.12. The second kappa shape index (κ2) is 7.00. The highest BCUT2D eigenvalue weighted by Crippen LogP contribution is 2.48. The summed E-state index contributed by atoms with van der Waals surface area (Å²) in [6.07, 6.45) is 0.744. The van der Waals surface area contributed by atoms with Crippen molar-refractivity contribution in [3.05, 3.63) is 23.3 Å². The van der Waals surface area contributed by atoms with Crippen LogP contribution in [0.1, 0.15) is 31.4 Å². The minimum Gasteiger partial charge on any atom is -0.488 e. The standard InChI is InChI=1S/C17H23NO5/c1-11-5-6-14(23-13(3)20)16-15(11)17(10-22-16,7-8-18-4)9-21-12(2)19/h5-6,18H,7-10H2,1-4H3/t17-/m1/s1. The van der Waals surface area contributed by atoms with E-state index in [1.165, 1.54) is 13.8 Å². The Morgan fingerprint density at radius 3 is 2.65 bits per heavy atom. The lowest BCUT2D eigenvalue weighted by molar-refractivity contribution is -0.143. The molecule has 0 spiro atoms. The van der Waals surface area contributed by atoms with Gasteiger partial charge >= 0.3 is 11.9 Å². The molecule has 1 aliphatic rings. The number of ether oxygens (including phenoxy) is 3. The third-order valence-electron chi connectivity index (χ3n) is 4.01. The summed E-state index contributed by atoms with van der Waals surface area (Å²) >= 11 is 0. The van der Waals surface area contributed by atoms with Gasteiger partial charge in [0, 0.05) is 19.4 Å². The number of hydrogen-bond acceptors (Lipinski definition) is 6. The van der Waals surface area contributed by atoms with Crippen LogP contribution in [0.4, 0.5) is 0 Å². The largest absolute Gasteiger partial charge is 0.488 e. The Balaban J connectivity index is 2.45. The van der Waals surface area contributed by atoms with Gasteiger partial charge in [0.05, 0.1) is 5.41 Å². The Morgan fingerprint density at radius 1 is 1.30 bits per heavy atom. The zero-order valence-corrected chi connectivity index (χ0v) is 14.0. The number of esters is 2. The van der Waals surface area contributed by atoms with Crippen LogP contribution in [-0.2, 0) is 19.7 Å². The lowest BCUT2D eigenvalue weighted by Gasteiger charge is -2.28. The SMILES string of the molecule is CNCC[C@@]1(COC(C)=O)COc2c(OC(C)=O)ccc(C)c21. The van der Waals surface area contributed by atoms with Crippen molar-refractivity contribution in [1.29, 1.82) is 0 Å². The topological polar surface area (TPSA) is 73.9 Å². The Bertz CT molecular complexity index is 613. The summed E-state index contributed by atoms with van der Waals surface area (Å²) in [4.78, 5) is 22.6. The van der Waals surface area contributed by atoms with Crippen LogP contribution < -0.4 is 14.8 Å². The molecule has 0 fully saturated rings. The first kappa shape index (κ1) is 17.3. The van der Waals surface area contributed by atoms with Crippen LogP contribution in [0, 0.1) is 6.92 Å². The molecule has 6 nitrogen and oxygen atoms in total. The van der Waals surface area contributed by atoms with Crippen LogP contribution in [0.25, 0.3) is 0 Å². The summed E-state index contributed by atoms with van der Waals surface area (Å²) in [5.41, 5.74) is 1.54. The van der Waals surface area contributed by atoms with Crippen molar-refractivity contribution in [2.75, 3.05) is 26.8 Å². The number of hydrogen-bond donors (Lipinski definition) is 1. The van der Waals surface area contributed by atoms with Gasteiger partial charge < -0.3 is 19.5 Å². The van der Waals surface area contributed by atoms with E-state index in [0.29, 0.717) is 18.1 Å². The minimum atomic E-state index is -0.440. The Hall–Kier alpha value is -2.08. The average molecular weight is 321 g/mol. The van der Waals surface area contributed by atoms with E-state index in [-0.39, 0.29) is 12.6 Å². The quantitative estimate of drug-likeness (QED) is 0.635. The monoisotopic (exact) mass is 321 g/mol. The van der Waals surface area contributed by atoms with Gasteiger partial charge in [0.2, 0.25) is 0 Å². The Kier molecular flexibility index (Phi) is 5.26. The van der Waals surface area contributed by atoms with Crippen LogP contribution in [0.2, 0.25) is 0 Å². The molecular formula is C17H23NO5. The molecule has 2 rings (SSSR count). The van der Waals surface area contributed by atoms with Gasteiger partial charge in [0.15, 0.2) is 11.5 Å². The van der Waals surface area contributed by atoms with Crippen molar-refractivity contribution in [3.8, 4) is 11.5 Å². The van der Waals surface area contributed by atoms with Crippen molar-refractivity contribution in [3.63, 3.8) is 0 Å². The molecule has 126 valence electrons. The summed E-state index contributed by atoms with van der Waals surface area (Å²) in [6.45, 7) is 6.10. The maximum Gasteiger partial charge on any atom is 0.308 e. The van der Waals surface area contributed by atoms with Crippen LogP contribution in [0.5, 0.6) is 11.5 Å². The average Bonchev–Trinajstić information content (AvgIpc) is 2.87. The van der Waals surface area contributed by atoms with E-state index in [4.69, 9.17) is 14.2 Å². The zero-order valence-electron chi connectivity index (χ0n) is 14.0. The third kappa shape index (κ3) is 3.64. The molecule has 0 aliphatic carbocycles. The van der Waals surface area contributed by atoms with Crippen molar-refractivity contribution in [2.45, 2.75) is 32.6 Å². The number of rotatable bonds is 6. The first-order valence-electron chi connectivity index (χ1n) is 7.63. The molecule has 0 radical (unpaired) electrons. The highest BCUT2D eigenvalue weighted by atomic mass is 16.6. The lowest BCUT2D eigenvalue weighted by Crippen LogP contribution is -2.37. The predicted molar refractivity (Wildman–Crippen MR) is 84.8 cm³/mol. The van der Waals surface area contributed by atoms with E-state index < -0.39 is 11.4 Å². The summed E-state index contributed by atoms with van der Waals surface area (Å²) < 4.78 is 16.4. The van der Waals surface area contributed by atoms with E-state index in [1.807, 2.05) is 20.0 Å². The zero-order chi connectivity index (χ0) is 17.0. The highest BCUT2D eigenvalue weighted by Gasteiger charge is 2.44. The highest BCUT2D eigenvalue weighted by molar-refractivity contribution is 5.72. The number of nitrogens with one attached hydrogen (secondary N) is 1. The fourth-order valence-corrected chi connectivity index (χ4v) is 2.97. The van der Waals surface area contributed by atoms with E-state index in [9.17, 15) is 9.59 Å². The smallest absolute Gasteiger partial charge is 0.308 e. The number of benzene rings is 1. The second-order valence-corrected chi connectivity index (χ2v) is 5.88. The van der Waals surface area contributed by atoms with Crippen LogP contribution in [0.3, 0.4) is 0 Å². The van der Waals surface area contributed by atoms with Crippen LogP contribution in [0.15, 0.2) is 12.1 Å². The fourth-order valence-electron chi connectivity index (χ4n) is 2.97. The van der Waals surface area contributed by atoms with Gasteiger partial charge in [-0.15, -0.1) is 0 Å². The van der Waals surface area contributed by atoms with Gasteiger partial charge in [-0.05, 0) is 38.6 Å².